The molecule has 0 unspecified atom stereocenters. The molecule has 1 aliphatic rings. The average Bonchev–Trinajstić information content (AvgIpc) is 2.17. The molecule has 1 fully saturated rings. The van der Waals surface area contributed by atoms with E-state index in [4.69, 9.17) is 0 Å². The van der Waals surface area contributed by atoms with Crippen LogP contribution in [0.2, 0.25) is 0 Å². The zero-order valence-corrected chi connectivity index (χ0v) is 8.59. The zero-order valence-electron chi connectivity index (χ0n) is 8.59. The van der Waals surface area contributed by atoms with E-state index in [-0.39, 0.29) is 5.91 Å². The number of amides is 1. The summed E-state index contributed by atoms with van der Waals surface area (Å²) in [6.45, 7) is 3.88. The van der Waals surface area contributed by atoms with Crippen LogP contribution in [-0.4, -0.2) is 23.2 Å². The maximum Gasteiger partial charge on any atom is 0.223 e. The average molecular weight is 197 g/mol. The van der Waals surface area contributed by atoms with E-state index in [1.165, 1.54) is 6.42 Å². The molecule has 0 aromatic heterocycles. The monoisotopic (exact) mass is 197 g/mol. The van der Waals surface area contributed by atoms with Gasteiger partial charge in [0.25, 0.3) is 0 Å². The smallest absolute Gasteiger partial charge is 0.223 e. The van der Waals surface area contributed by atoms with Crippen LogP contribution in [0.25, 0.3) is 0 Å². The Morgan fingerprint density at radius 2 is 2.07 bits per heavy atom. The number of carbonyl (C=O) groups is 1. The van der Waals surface area contributed by atoms with Gasteiger partial charge in [-0.1, -0.05) is 25.3 Å². The van der Waals surface area contributed by atoms with E-state index in [2.05, 4.69) is 11.9 Å². The van der Waals surface area contributed by atoms with Gasteiger partial charge in [0.15, 0.2) is 0 Å². The molecule has 2 N–H and O–H groups in total. The van der Waals surface area contributed by atoms with Crippen molar-refractivity contribution in [2.24, 2.45) is 0 Å². The molecular weight excluding hydrogens is 178 g/mol. The lowest BCUT2D eigenvalue weighted by Crippen LogP contribution is -2.44. The van der Waals surface area contributed by atoms with Crippen molar-refractivity contribution in [3.05, 3.63) is 12.7 Å². The molecular formula is C11H19NO2. The number of aliphatic hydroxyl groups is 1. The van der Waals surface area contributed by atoms with Gasteiger partial charge in [-0.25, -0.2) is 0 Å². The molecule has 0 heterocycles. The van der Waals surface area contributed by atoms with Crippen LogP contribution in [-0.2, 0) is 4.79 Å². The van der Waals surface area contributed by atoms with Crippen LogP contribution in [0.5, 0.6) is 0 Å². The largest absolute Gasteiger partial charge is 0.388 e. The molecule has 0 aromatic carbocycles. The minimum Gasteiger partial charge on any atom is -0.388 e. The fourth-order valence-electron chi connectivity index (χ4n) is 1.85. The molecule has 1 saturated carbocycles. The van der Waals surface area contributed by atoms with Gasteiger partial charge in [-0.05, 0) is 12.8 Å². The molecule has 80 valence electrons. The lowest BCUT2D eigenvalue weighted by atomic mass is 9.85. The highest BCUT2D eigenvalue weighted by Gasteiger charge is 2.29. The second kappa shape index (κ2) is 5.15. The van der Waals surface area contributed by atoms with Crippen molar-refractivity contribution in [2.75, 3.05) is 6.54 Å². The standard InChI is InChI=1S/C11H19NO2/c1-2-6-10(13)12-9-11(14)7-4-3-5-8-11/h2,14H,1,3-9H2,(H,12,13). The highest BCUT2D eigenvalue weighted by molar-refractivity contribution is 5.77. The van der Waals surface area contributed by atoms with E-state index in [1.807, 2.05) is 0 Å². The molecule has 0 aromatic rings. The van der Waals surface area contributed by atoms with Crippen LogP contribution in [0.15, 0.2) is 12.7 Å². The predicted molar refractivity (Wildman–Crippen MR) is 55.9 cm³/mol. The van der Waals surface area contributed by atoms with Gasteiger partial charge in [0, 0.05) is 13.0 Å². The van der Waals surface area contributed by atoms with Gasteiger partial charge in [-0.3, -0.25) is 4.79 Å². The van der Waals surface area contributed by atoms with Crippen LogP contribution in [0.1, 0.15) is 38.5 Å². The summed E-state index contributed by atoms with van der Waals surface area (Å²) in [5.41, 5.74) is -0.658. The van der Waals surface area contributed by atoms with Gasteiger partial charge in [0.05, 0.1) is 5.60 Å². The number of rotatable bonds is 4. The predicted octanol–water partition coefficient (Wildman–Crippen LogP) is 1.37. The molecule has 0 spiro atoms. The SMILES string of the molecule is C=CCC(=O)NCC1(O)CCCCC1. The Morgan fingerprint density at radius 1 is 1.43 bits per heavy atom. The van der Waals surface area contributed by atoms with Crippen molar-refractivity contribution < 1.29 is 9.90 Å². The summed E-state index contributed by atoms with van der Waals surface area (Å²) >= 11 is 0. The van der Waals surface area contributed by atoms with E-state index in [0.717, 1.165) is 25.7 Å². The van der Waals surface area contributed by atoms with Crippen LogP contribution in [0.4, 0.5) is 0 Å². The third-order valence-electron chi connectivity index (χ3n) is 2.73. The Hall–Kier alpha value is -0.830. The summed E-state index contributed by atoms with van der Waals surface area (Å²) in [5.74, 6) is -0.0565. The molecule has 3 nitrogen and oxygen atoms in total. The van der Waals surface area contributed by atoms with Gasteiger partial charge >= 0.3 is 0 Å². The summed E-state index contributed by atoms with van der Waals surface area (Å²) in [7, 11) is 0. The molecule has 14 heavy (non-hydrogen) atoms. The van der Waals surface area contributed by atoms with Gasteiger partial charge in [-0.2, -0.15) is 0 Å². The fraction of sp³-hybridized carbons (Fsp3) is 0.727. The van der Waals surface area contributed by atoms with Crippen molar-refractivity contribution in [2.45, 2.75) is 44.1 Å². The second-order valence-electron chi connectivity index (χ2n) is 4.05. The number of carbonyl (C=O) groups excluding carboxylic acids is 1. The van der Waals surface area contributed by atoms with Crippen LogP contribution < -0.4 is 5.32 Å². The van der Waals surface area contributed by atoms with E-state index in [9.17, 15) is 9.90 Å². The Labute approximate surface area is 85.2 Å². The van der Waals surface area contributed by atoms with Crippen molar-refractivity contribution in [1.82, 2.24) is 5.32 Å². The first kappa shape index (κ1) is 11.2. The number of hydrogen-bond acceptors (Lipinski definition) is 2. The van der Waals surface area contributed by atoms with Gasteiger partial charge in [0.2, 0.25) is 5.91 Å². The quantitative estimate of drug-likeness (QED) is 0.669. The first-order chi connectivity index (χ1) is 6.66. The summed E-state index contributed by atoms with van der Waals surface area (Å²) in [4.78, 5) is 11.1. The first-order valence-corrected chi connectivity index (χ1v) is 5.26. The molecule has 3 heteroatoms. The summed E-state index contributed by atoms with van der Waals surface area (Å²) in [6.07, 6.45) is 6.84. The Bertz CT molecular complexity index is 207. The minimum atomic E-state index is -0.658. The molecule has 0 saturated heterocycles. The normalized spacial score (nSPS) is 20.1. The first-order valence-electron chi connectivity index (χ1n) is 5.26. The third kappa shape index (κ3) is 3.50. The molecule has 0 bridgehead atoms. The van der Waals surface area contributed by atoms with E-state index < -0.39 is 5.60 Å². The topological polar surface area (TPSA) is 49.3 Å². The van der Waals surface area contributed by atoms with E-state index >= 15 is 0 Å². The molecule has 0 aliphatic heterocycles. The fourth-order valence-corrected chi connectivity index (χ4v) is 1.85. The Balaban J connectivity index is 2.27. The van der Waals surface area contributed by atoms with Crippen molar-refractivity contribution in [3.8, 4) is 0 Å². The molecule has 0 radical (unpaired) electrons. The van der Waals surface area contributed by atoms with E-state index in [0.29, 0.717) is 13.0 Å². The van der Waals surface area contributed by atoms with Crippen molar-refractivity contribution >= 4 is 5.91 Å². The highest BCUT2D eigenvalue weighted by atomic mass is 16.3. The maximum atomic E-state index is 11.1. The lowest BCUT2D eigenvalue weighted by molar-refractivity contribution is -0.121. The van der Waals surface area contributed by atoms with Crippen LogP contribution >= 0.6 is 0 Å². The molecule has 1 amide bonds. The van der Waals surface area contributed by atoms with Crippen molar-refractivity contribution in [3.63, 3.8) is 0 Å². The summed E-state index contributed by atoms with van der Waals surface area (Å²) < 4.78 is 0. The van der Waals surface area contributed by atoms with Crippen LogP contribution in [0.3, 0.4) is 0 Å². The summed E-state index contributed by atoms with van der Waals surface area (Å²) in [5, 5.41) is 12.8. The molecule has 1 rings (SSSR count). The molecule has 1 aliphatic carbocycles. The highest BCUT2D eigenvalue weighted by Crippen LogP contribution is 2.27. The molecule has 0 atom stereocenters. The second-order valence-corrected chi connectivity index (χ2v) is 4.05. The van der Waals surface area contributed by atoms with Gasteiger partial charge in [-0.15, -0.1) is 6.58 Å². The number of nitrogens with one attached hydrogen (secondary N) is 1. The van der Waals surface area contributed by atoms with E-state index in [1.54, 1.807) is 6.08 Å². The lowest BCUT2D eigenvalue weighted by Gasteiger charge is -2.32. The van der Waals surface area contributed by atoms with Gasteiger partial charge in [0.1, 0.15) is 0 Å². The number of hydrogen-bond donors (Lipinski definition) is 2. The van der Waals surface area contributed by atoms with Crippen LogP contribution in [0, 0.1) is 0 Å². The third-order valence-corrected chi connectivity index (χ3v) is 2.73. The Kier molecular flexibility index (Phi) is 4.14. The van der Waals surface area contributed by atoms with Crippen molar-refractivity contribution in [1.29, 1.82) is 0 Å². The van der Waals surface area contributed by atoms with Gasteiger partial charge < -0.3 is 10.4 Å². The maximum absolute atomic E-state index is 11.1. The summed E-state index contributed by atoms with van der Waals surface area (Å²) in [6, 6.07) is 0. The Morgan fingerprint density at radius 3 is 2.64 bits per heavy atom. The zero-order chi connectivity index (χ0) is 10.4. The minimum absolute atomic E-state index is 0.0565.